The Morgan fingerprint density at radius 1 is 0.971 bits per heavy atom. The van der Waals surface area contributed by atoms with Crippen LogP contribution in [0.15, 0.2) is 42.6 Å². The SMILES string of the molecule is OCCOCC[C@H]1CN(c2cc(N3CCCCC3)ccn2)[C@H]2CCCN(c3cccc(F)c3)[C@@H]12. The van der Waals surface area contributed by atoms with E-state index >= 15 is 0 Å². The first kappa shape index (κ1) is 23.4. The van der Waals surface area contributed by atoms with Crippen LogP contribution < -0.4 is 14.7 Å². The molecule has 3 aliphatic heterocycles. The van der Waals surface area contributed by atoms with E-state index in [2.05, 4.69) is 26.8 Å². The van der Waals surface area contributed by atoms with Crippen molar-refractivity contribution in [2.75, 3.05) is 60.7 Å². The van der Waals surface area contributed by atoms with Gasteiger partial charge >= 0.3 is 0 Å². The molecule has 0 aliphatic carbocycles. The maximum atomic E-state index is 14.1. The molecule has 6 nitrogen and oxygen atoms in total. The van der Waals surface area contributed by atoms with Crippen molar-refractivity contribution in [3.05, 3.63) is 48.4 Å². The van der Waals surface area contributed by atoms with Gasteiger partial charge in [-0.25, -0.2) is 9.37 Å². The van der Waals surface area contributed by atoms with Crippen LogP contribution in [0.4, 0.5) is 21.6 Å². The Hall–Kier alpha value is -2.38. The van der Waals surface area contributed by atoms with E-state index < -0.39 is 0 Å². The van der Waals surface area contributed by atoms with Crippen LogP contribution in [0.25, 0.3) is 0 Å². The van der Waals surface area contributed by atoms with E-state index in [1.165, 1.54) is 31.0 Å². The number of pyridine rings is 1. The number of hydrogen-bond acceptors (Lipinski definition) is 6. The number of anilines is 3. The van der Waals surface area contributed by atoms with Crippen LogP contribution in [-0.2, 0) is 4.74 Å². The molecule has 2 aromatic rings. The molecule has 3 atom stereocenters. The van der Waals surface area contributed by atoms with Crippen LogP contribution in [-0.4, -0.2) is 68.2 Å². The van der Waals surface area contributed by atoms with Crippen molar-refractivity contribution >= 4 is 17.2 Å². The van der Waals surface area contributed by atoms with Crippen molar-refractivity contribution in [1.29, 1.82) is 0 Å². The van der Waals surface area contributed by atoms with Crippen molar-refractivity contribution in [2.45, 2.75) is 50.6 Å². The Labute approximate surface area is 202 Å². The first-order valence-corrected chi connectivity index (χ1v) is 12.9. The highest BCUT2D eigenvalue weighted by Gasteiger charge is 2.47. The van der Waals surface area contributed by atoms with Crippen LogP contribution in [0, 0.1) is 11.7 Å². The number of halogens is 1. The zero-order valence-electron chi connectivity index (χ0n) is 20.0. The first-order valence-electron chi connectivity index (χ1n) is 12.9. The van der Waals surface area contributed by atoms with E-state index in [1.807, 2.05) is 18.3 Å². The number of aliphatic hydroxyl groups is 1. The summed E-state index contributed by atoms with van der Waals surface area (Å²) < 4.78 is 19.8. The van der Waals surface area contributed by atoms with Crippen molar-refractivity contribution in [2.24, 2.45) is 5.92 Å². The molecule has 34 heavy (non-hydrogen) atoms. The number of nitrogens with zero attached hydrogens (tertiary/aromatic N) is 4. The molecule has 0 radical (unpaired) electrons. The van der Waals surface area contributed by atoms with Gasteiger partial charge in [0.2, 0.25) is 0 Å². The summed E-state index contributed by atoms with van der Waals surface area (Å²) in [6.07, 6.45) is 8.89. The minimum absolute atomic E-state index is 0.0471. The highest BCUT2D eigenvalue weighted by atomic mass is 19.1. The molecular weight excluding hydrogens is 431 g/mol. The minimum Gasteiger partial charge on any atom is -0.394 e. The van der Waals surface area contributed by atoms with Crippen molar-refractivity contribution in [3.8, 4) is 0 Å². The topological polar surface area (TPSA) is 52.1 Å². The number of hydrogen-bond donors (Lipinski definition) is 1. The van der Waals surface area contributed by atoms with Crippen LogP contribution >= 0.6 is 0 Å². The van der Waals surface area contributed by atoms with Crippen LogP contribution in [0.5, 0.6) is 0 Å². The fourth-order valence-corrected chi connectivity index (χ4v) is 6.20. The quantitative estimate of drug-likeness (QED) is 0.589. The summed E-state index contributed by atoms with van der Waals surface area (Å²) in [7, 11) is 0. The zero-order chi connectivity index (χ0) is 23.3. The zero-order valence-corrected chi connectivity index (χ0v) is 20.0. The van der Waals surface area contributed by atoms with Gasteiger partial charge in [0.1, 0.15) is 11.6 Å². The lowest BCUT2D eigenvalue weighted by Gasteiger charge is -2.43. The highest BCUT2D eigenvalue weighted by molar-refractivity contribution is 5.58. The van der Waals surface area contributed by atoms with Crippen LogP contribution in [0.3, 0.4) is 0 Å². The van der Waals surface area contributed by atoms with Gasteiger partial charge in [-0.2, -0.15) is 0 Å². The van der Waals surface area contributed by atoms with E-state index in [0.29, 0.717) is 25.2 Å². The summed E-state index contributed by atoms with van der Waals surface area (Å²) in [5.41, 5.74) is 2.24. The van der Waals surface area contributed by atoms with E-state index in [-0.39, 0.29) is 18.5 Å². The average molecular weight is 469 g/mol. The standard InChI is InChI=1S/C27H37FN4O2/c28-22-6-4-7-24(18-22)31-14-5-8-25-27(31)21(10-16-34-17-15-33)20-32(25)26-19-23(9-11-29-26)30-12-2-1-3-13-30/h4,6-7,9,11,18-19,21,25,27,33H,1-3,5,8,10,12-17,20H2/t21-,25-,27-/m0/s1. The first-order chi connectivity index (χ1) is 16.7. The number of fused-ring (bicyclic) bond motifs is 1. The van der Waals surface area contributed by atoms with Crippen LogP contribution in [0.1, 0.15) is 38.5 Å². The molecular formula is C27H37FN4O2. The summed E-state index contributed by atoms with van der Waals surface area (Å²) in [6, 6.07) is 12.1. The van der Waals surface area contributed by atoms with Crippen molar-refractivity contribution in [3.63, 3.8) is 0 Å². The third kappa shape index (κ3) is 5.01. The van der Waals surface area contributed by atoms with Gasteiger partial charge < -0.3 is 24.5 Å². The van der Waals surface area contributed by atoms with Crippen LogP contribution in [0.2, 0.25) is 0 Å². The second kappa shape index (κ2) is 10.9. The lowest BCUT2D eigenvalue weighted by Crippen LogP contribution is -2.52. The number of benzene rings is 1. The Balaban J connectivity index is 1.41. The fraction of sp³-hybridized carbons (Fsp3) is 0.593. The molecule has 3 saturated heterocycles. The number of ether oxygens (including phenoxy) is 1. The maximum Gasteiger partial charge on any atom is 0.130 e. The molecule has 0 amide bonds. The summed E-state index contributed by atoms with van der Waals surface area (Å²) >= 11 is 0. The van der Waals surface area contributed by atoms with Crippen molar-refractivity contribution in [1.82, 2.24) is 4.98 Å². The van der Waals surface area contributed by atoms with Gasteiger partial charge in [0, 0.05) is 62.3 Å². The molecule has 3 aliphatic rings. The molecule has 0 bridgehead atoms. The Morgan fingerprint density at radius 2 is 1.85 bits per heavy atom. The number of piperidine rings is 2. The lowest BCUT2D eigenvalue weighted by atomic mass is 9.88. The molecule has 1 aromatic heterocycles. The fourth-order valence-electron chi connectivity index (χ4n) is 6.20. The average Bonchev–Trinajstić information content (AvgIpc) is 3.26. The third-order valence-electron chi connectivity index (χ3n) is 7.72. The minimum atomic E-state index is -0.187. The van der Waals surface area contributed by atoms with Gasteiger partial charge in [-0.3, -0.25) is 0 Å². The second-order valence-electron chi connectivity index (χ2n) is 9.83. The predicted molar refractivity (Wildman–Crippen MR) is 134 cm³/mol. The van der Waals surface area contributed by atoms with Gasteiger partial charge in [-0.1, -0.05) is 6.07 Å². The molecule has 5 rings (SSSR count). The third-order valence-corrected chi connectivity index (χ3v) is 7.72. The Kier molecular flexibility index (Phi) is 7.50. The molecule has 1 N–H and O–H groups in total. The molecule has 0 spiro atoms. The lowest BCUT2D eigenvalue weighted by molar-refractivity contribution is 0.0824. The Bertz CT molecular complexity index is 938. The summed E-state index contributed by atoms with van der Waals surface area (Å²) in [4.78, 5) is 12.2. The maximum absolute atomic E-state index is 14.1. The van der Waals surface area contributed by atoms with Crippen molar-refractivity contribution < 1.29 is 14.2 Å². The number of aliphatic hydroxyl groups excluding tert-OH is 1. The molecule has 184 valence electrons. The van der Waals surface area contributed by atoms with Gasteiger partial charge in [0.15, 0.2) is 0 Å². The van der Waals surface area contributed by atoms with E-state index in [4.69, 9.17) is 14.8 Å². The van der Waals surface area contributed by atoms with Gasteiger partial charge in [0.25, 0.3) is 0 Å². The number of aromatic nitrogens is 1. The molecule has 4 heterocycles. The summed E-state index contributed by atoms with van der Waals surface area (Å²) in [5.74, 6) is 1.25. The van der Waals surface area contributed by atoms with E-state index in [0.717, 1.165) is 56.9 Å². The molecule has 0 saturated carbocycles. The molecule has 0 unspecified atom stereocenters. The summed E-state index contributed by atoms with van der Waals surface area (Å²) in [5, 5.41) is 9.10. The summed E-state index contributed by atoms with van der Waals surface area (Å²) in [6.45, 7) is 5.14. The molecule has 7 heteroatoms. The Morgan fingerprint density at radius 3 is 2.68 bits per heavy atom. The van der Waals surface area contributed by atoms with E-state index in [1.54, 1.807) is 6.07 Å². The van der Waals surface area contributed by atoms with Gasteiger partial charge in [-0.15, -0.1) is 0 Å². The molecule has 3 fully saturated rings. The van der Waals surface area contributed by atoms with Gasteiger partial charge in [-0.05, 0) is 62.8 Å². The largest absolute Gasteiger partial charge is 0.394 e. The van der Waals surface area contributed by atoms with E-state index in [9.17, 15) is 4.39 Å². The normalized spacial score (nSPS) is 25.0. The second-order valence-corrected chi connectivity index (χ2v) is 9.83. The monoisotopic (exact) mass is 468 g/mol. The predicted octanol–water partition coefficient (Wildman–Crippen LogP) is 4.08. The highest BCUT2D eigenvalue weighted by Crippen LogP contribution is 2.41. The van der Waals surface area contributed by atoms with Gasteiger partial charge in [0.05, 0.1) is 25.3 Å². The molecule has 1 aromatic carbocycles. The number of rotatable bonds is 8. The smallest absolute Gasteiger partial charge is 0.130 e.